The average Bonchev–Trinajstić information content (AvgIpc) is 2.27. The summed E-state index contributed by atoms with van der Waals surface area (Å²) in [4.78, 5) is 4.43. The summed E-state index contributed by atoms with van der Waals surface area (Å²) in [5.41, 5.74) is 2.70. The van der Waals surface area contributed by atoms with Crippen LogP contribution in [0, 0.1) is 0 Å². The lowest BCUT2D eigenvalue weighted by Crippen LogP contribution is -1.97. The number of aliphatic hydroxyl groups excluding tert-OH is 1. The summed E-state index contributed by atoms with van der Waals surface area (Å²) in [6.45, 7) is 3.93. The van der Waals surface area contributed by atoms with Crippen LogP contribution >= 0.6 is 0 Å². The van der Waals surface area contributed by atoms with Crippen molar-refractivity contribution in [1.82, 2.24) is 4.98 Å². The van der Waals surface area contributed by atoms with Crippen molar-refractivity contribution in [3.05, 3.63) is 53.7 Å². The summed E-state index contributed by atoms with van der Waals surface area (Å²) in [5, 5.41) is 11.0. The van der Waals surface area contributed by atoms with Gasteiger partial charge in [0.05, 0.1) is 11.2 Å². The number of rotatable bonds is 2. The second-order valence-electron chi connectivity index (χ2n) is 4.12. The zero-order valence-electron chi connectivity index (χ0n) is 9.51. The predicted molar refractivity (Wildman–Crippen MR) is 66.1 cm³/mol. The molecule has 0 saturated heterocycles. The Morgan fingerprint density at radius 2 is 1.94 bits per heavy atom. The van der Waals surface area contributed by atoms with Crippen molar-refractivity contribution in [2.75, 3.05) is 0 Å². The predicted octanol–water partition coefficient (Wildman–Crippen LogP) is 3.23. The zero-order valence-corrected chi connectivity index (χ0v) is 9.51. The fourth-order valence-electron chi connectivity index (χ4n) is 1.65. The Balaban J connectivity index is 2.43. The number of allylic oxidation sites excluding steroid dienone is 1. The molecule has 0 aliphatic heterocycles. The van der Waals surface area contributed by atoms with E-state index in [0.29, 0.717) is 5.69 Å². The van der Waals surface area contributed by atoms with Crippen LogP contribution in [0.4, 0.5) is 0 Å². The monoisotopic (exact) mass is 213 g/mol. The Kier molecular flexibility index (Phi) is 3.02. The number of benzene rings is 1. The number of pyridine rings is 1. The second-order valence-corrected chi connectivity index (χ2v) is 4.12. The summed E-state index contributed by atoms with van der Waals surface area (Å²) in [5.74, 6) is 0. The molecule has 1 aromatic heterocycles. The van der Waals surface area contributed by atoms with Gasteiger partial charge in [-0.15, -0.1) is 0 Å². The summed E-state index contributed by atoms with van der Waals surface area (Å²) in [7, 11) is 0. The van der Waals surface area contributed by atoms with Gasteiger partial charge in [0.1, 0.15) is 6.10 Å². The van der Waals surface area contributed by atoms with Crippen LogP contribution in [0.1, 0.15) is 25.6 Å². The minimum atomic E-state index is -0.616. The van der Waals surface area contributed by atoms with Crippen LogP contribution in [0.3, 0.4) is 0 Å². The van der Waals surface area contributed by atoms with Crippen molar-refractivity contribution in [2.45, 2.75) is 20.0 Å². The fraction of sp³-hybridized carbons (Fsp3) is 0.214. The minimum Gasteiger partial charge on any atom is -0.383 e. The quantitative estimate of drug-likeness (QED) is 0.777. The molecule has 82 valence electrons. The molecular weight excluding hydrogens is 198 g/mol. The number of fused-ring (bicyclic) bond motifs is 1. The zero-order chi connectivity index (χ0) is 11.5. The maximum absolute atomic E-state index is 9.91. The minimum absolute atomic E-state index is 0.616. The Morgan fingerprint density at radius 3 is 2.69 bits per heavy atom. The molecule has 16 heavy (non-hydrogen) atoms. The molecule has 0 radical (unpaired) electrons. The molecule has 0 amide bonds. The molecule has 0 saturated carbocycles. The molecule has 1 aromatic carbocycles. The van der Waals surface area contributed by atoms with Crippen LogP contribution in [0.2, 0.25) is 0 Å². The highest BCUT2D eigenvalue weighted by Crippen LogP contribution is 2.18. The lowest BCUT2D eigenvalue weighted by molar-refractivity contribution is 0.223. The van der Waals surface area contributed by atoms with Gasteiger partial charge < -0.3 is 5.11 Å². The molecule has 1 unspecified atom stereocenters. The van der Waals surface area contributed by atoms with E-state index in [4.69, 9.17) is 0 Å². The van der Waals surface area contributed by atoms with Crippen molar-refractivity contribution >= 4 is 10.9 Å². The number of nitrogens with zero attached hydrogens (tertiary/aromatic N) is 1. The number of aliphatic hydroxyl groups is 1. The topological polar surface area (TPSA) is 33.1 Å². The van der Waals surface area contributed by atoms with Gasteiger partial charge in [0.2, 0.25) is 0 Å². The van der Waals surface area contributed by atoms with Gasteiger partial charge in [0.25, 0.3) is 0 Å². The number of aromatic nitrogens is 1. The third-order valence-corrected chi connectivity index (χ3v) is 2.41. The molecule has 0 spiro atoms. The lowest BCUT2D eigenvalue weighted by Gasteiger charge is -2.07. The Bertz CT molecular complexity index is 527. The lowest BCUT2D eigenvalue weighted by atomic mass is 10.1. The summed E-state index contributed by atoms with van der Waals surface area (Å²) >= 11 is 0. The number of para-hydroxylation sites is 1. The van der Waals surface area contributed by atoms with E-state index < -0.39 is 6.10 Å². The van der Waals surface area contributed by atoms with E-state index >= 15 is 0 Å². The van der Waals surface area contributed by atoms with Crippen molar-refractivity contribution in [3.8, 4) is 0 Å². The molecule has 2 rings (SSSR count). The van der Waals surface area contributed by atoms with Gasteiger partial charge in [-0.1, -0.05) is 35.9 Å². The van der Waals surface area contributed by atoms with E-state index in [9.17, 15) is 5.11 Å². The summed E-state index contributed by atoms with van der Waals surface area (Å²) < 4.78 is 0. The van der Waals surface area contributed by atoms with Gasteiger partial charge in [-0.2, -0.15) is 0 Å². The fourth-order valence-corrected chi connectivity index (χ4v) is 1.65. The maximum Gasteiger partial charge on any atom is 0.114 e. The van der Waals surface area contributed by atoms with Crippen LogP contribution in [0.15, 0.2) is 48.0 Å². The third kappa shape index (κ3) is 2.28. The van der Waals surface area contributed by atoms with Crippen molar-refractivity contribution in [3.63, 3.8) is 0 Å². The second kappa shape index (κ2) is 4.45. The molecule has 0 fully saturated rings. The standard InChI is InChI=1S/C14H15NO/c1-10(2)9-14(16)13-8-7-11-5-3-4-6-12(11)15-13/h3-9,14,16H,1-2H3. The normalized spacial score (nSPS) is 12.4. The van der Waals surface area contributed by atoms with Gasteiger partial charge in [-0.25, -0.2) is 4.98 Å². The first-order valence-corrected chi connectivity index (χ1v) is 5.35. The van der Waals surface area contributed by atoms with Crippen molar-refractivity contribution in [2.24, 2.45) is 0 Å². The van der Waals surface area contributed by atoms with E-state index in [0.717, 1.165) is 16.5 Å². The largest absolute Gasteiger partial charge is 0.383 e. The first-order valence-electron chi connectivity index (χ1n) is 5.35. The van der Waals surface area contributed by atoms with Crippen LogP contribution in [0.25, 0.3) is 10.9 Å². The molecule has 1 N–H and O–H groups in total. The molecule has 1 heterocycles. The van der Waals surface area contributed by atoms with E-state index in [1.165, 1.54) is 0 Å². The Hall–Kier alpha value is -1.67. The van der Waals surface area contributed by atoms with E-state index in [1.807, 2.05) is 50.2 Å². The van der Waals surface area contributed by atoms with E-state index in [1.54, 1.807) is 6.08 Å². The van der Waals surface area contributed by atoms with E-state index in [2.05, 4.69) is 4.98 Å². The molecule has 2 heteroatoms. The van der Waals surface area contributed by atoms with Crippen LogP contribution < -0.4 is 0 Å². The first-order chi connectivity index (χ1) is 7.66. The van der Waals surface area contributed by atoms with Gasteiger partial charge in [-0.3, -0.25) is 0 Å². The van der Waals surface area contributed by atoms with Gasteiger partial charge >= 0.3 is 0 Å². The molecular formula is C14H15NO. The molecule has 2 nitrogen and oxygen atoms in total. The van der Waals surface area contributed by atoms with Crippen molar-refractivity contribution < 1.29 is 5.11 Å². The van der Waals surface area contributed by atoms with Crippen LogP contribution in [-0.2, 0) is 0 Å². The highest BCUT2D eigenvalue weighted by Gasteiger charge is 2.06. The average molecular weight is 213 g/mol. The molecule has 2 aromatic rings. The number of hydrogen-bond donors (Lipinski definition) is 1. The summed E-state index contributed by atoms with van der Waals surface area (Å²) in [6, 6.07) is 11.8. The first kappa shape index (κ1) is 10.8. The van der Waals surface area contributed by atoms with Gasteiger partial charge in [0, 0.05) is 5.39 Å². The molecule has 0 aliphatic carbocycles. The number of hydrogen-bond acceptors (Lipinski definition) is 2. The Labute approximate surface area is 95.3 Å². The molecule has 0 bridgehead atoms. The third-order valence-electron chi connectivity index (χ3n) is 2.41. The van der Waals surface area contributed by atoms with Crippen LogP contribution in [0.5, 0.6) is 0 Å². The van der Waals surface area contributed by atoms with Gasteiger partial charge in [0.15, 0.2) is 0 Å². The summed E-state index contributed by atoms with van der Waals surface area (Å²) in [6.07, 6.45) is 1.19. The van der Waals surface area contributed by atoms with Gasteiger partial charge in [-0.05, 0) is 26.0 Å². The molecule has 0 aliphatic rings. The SMILES string of the molecule is CC(C)=CC(O)c1ccc2ccccc2n1. The Morgan fingerprint density at radius 1 is 1.19 bits per heavy atom. The highest BCUT2D eigenvalue weighted by molar-refractivity contribution is 5.78. The maximum atomic E-state index is 9.91. The van der Waals surface area contributed by atoms with Crippen molar-refractivity contribution in [1.29, 1.82) is 0 Å². The molecule has 1 atom stereocenters. The van der Waals surface area contributed by atoms with E-state index in [-0.39, 0.29) is 0 Å². The highest BCUT2D eigenvalue weighted by atomic mass is 16.3. The van der Waals surface area contributed by atoms with Crippen LogP contribution in [-0.4, -0.2) is 10.1 Å². The smallest absolute Gasteiger partial charge is 0.114 e.